The number of nitro groups is 1. The average Bonchev–Trinajstić information content (AvgIpc) is 3.59. The number of thiazole rings is 1. The number of hydrogen-bond acceptors (Lipinski definition) is 8. The number of imidazole rings is 1. The highest BCUT2D eigenvalue weighted by Crippen LogP contribution is 2.34. The highest BCUT2D eigenvalue weighted by Gasteiger charge is 2.23. The van der Waals surface area contributed by atoms with Gasteiger partial charge in [-0.2, -0.15) is 0 Å². The van der Waals surface area contributed by atoms with E-state index in [9.17, 15) is 14.9 Å². The number of nitro benzene ring substituents is 1. The van der Waals surface area contributed by atoms with Gasteiger partial charge in [0.05, 0.1) is 33.5 Å². The fraction of sp³-hybridized carbons (Fsp3) is 0.174. The zero-order valence-electron chi connectivity index (χ0n) is 18.1. The summed E-state index contributed by atoms with van der Waals surface area (Å²) in [6.45, 7) is 1.17. The normalized spacial score (nSPS) is 11.2. The number of carbonyl (C=O) groups excluding carboxylic acids is 1. The van der Waals surface area contributed by atoms with Crippen LogP contribution in [0.4, 0.5) is 10.8 Å². The molecule has 11 heteroatoms. The lowest BCUT2D eigenvalue weighted by Crippen LogP contribution is -2.31. The summed E-state index contributed by atoms with van der Waals surface area (Å²) in [5.41, 5.74) is 0.793. The molecule has 0 bridgehead atoms. The standard InChI is InChI=1S/C23H19N5O4S2/c1-32-17-4-5-18-20(13-17)34-23(25-18)27(9-2-8-26-10-7-24-14-26)22(29)21-12-15-11-16(28(30)31)3-6-19(15)33-21/h3-7,10-14H,2,8-9H2,1H3. The van der Waals surface area contributed by atoms with E-state index in [0.29, 0.717) is 34.9 Å². The minimum atomic E-state index is -0.434. The molecule has 0 aliphatic heterocycles. The number of anilines is 1. The maximum atomic E-state index is 13.7. The van der Waals surface area contributed by atoms with Gasteiger partial charge in [0.15, 0.2) is 5.13 Å². The summed E-state index contributed by atoms with van der Waals surface area (Å²) in [4.78, 5) is 35.3. The molecule has 0 saturated heterocycles. The van der Waals surface area contributed by atoms with Crippen molar-refractivity contribution in [2.45, 2.75) is 13.0 Å². The van der Waals surface area contributed by atoms with Gasteiger partial charge in [-0.1, -0.05) is 11.3 Å². The quantitative estimate of drug-likeness (QED) is 0.213. The van der Waals surface area contributed by atoms with Crippen molar-refractivity contribution >= 4 is 59.7 Å². The summed E-state index contributed by atoms with van der Waals surface area (Å²) in [6.07, 6.45) is 6.06. The van der Waals surface area contributed by atoms with Crippen LogP contribution in [0.5, 0.6) is 5.75 Å². The van der Waals surface area contributed by atoms with Crippen LogP contribution < -0.4 is 9.64 Å². The molecule has 172 valence electrons. The Morgan fingerprint density at radius 3 is 2.82 bits per heavy atom. The van der Waals surface area contributed by atoms with Crippen LogP contribution >= 0.6 is 22.7 Å². The van der Waals surface area contributed by atoms with Crippen LogP contribution in [-0.4, -0.2) is 39.0 Å². The van der Waals surface area contributed by atoms with E-state index in [-0.39, 0.29) is 11.6 Å². The summed E-state index contributed by atoms with van der Waals surface area (Å²) < 4.78 is 9.03. The highest BCUT2D eigenvalue weighted by molar-refractivity contribution is 7.23. The second-order valence-electron chi connectivity index (χ2n) is 7.53. The first-order valence-electron chi connectivity index (χ1n) is 10.4. The maximum Gasteiger partial charge on any atom is 0.270 e. The van der Waals surface area contributed by atoms with Crippen LogP contribution in [0.1, 0.15) is 16.1 Å². The largest absolute Gasteiger partial charge is 0.497 e. The Morgan fingerprint density at radius 2 is 2.06 bits per heavy atom. The number of benzene rings is 2. The second-order valence-corrected chi connectivity index (χ2v) is 9.62. The number of rotatable bonds is 8. The van der Waals surface area contributed by atoms with Crippen LogP contribution in [0.2, 0.25) is 0 Å². The van der Waals surface area contributed by atoms with Crippen molar-refractivity contribution in [2.75, 3.05) is 18.6 Å². The van der Waals surface area contributed by atoms with Crippen molar-refractivity contribution in [3.63, 3.8) is 0 Å². The number of aromatic nitrogens is 3. The first kappa shape index (κ1) is 22.0. The van der Waals surface area contributed by atoms with Gasteiger partial charge < -0.3 is 9.30 Å². The fourth-order valence-corrected chi connectivity index (χ4v) is 5.64. The van der Waals surface area contributed by atoms with E-state index >= 15 is 0 Å². The lowest BCUT2D eigenvalue weighted by atomic mass is 10.2. The number of fused-ring (bicyclic) bond motifs is 2. The number of amides is 1. The van der Waals surface area contributed by atoms with Gasteiger partial charge in [-0.3, -0.25) is 19.8 Å². The average molecular weight is 494 g/mol. The Hall–Kier alpha value is -3.83. The second kappa shape index (κ2) is 9.20. The van der Waals surface area contributed by atoms with Crippen LogP contribution in [0, 0.1) is 10.1 Å². The van der Waals surface area contributed by atoms with Crippen LogP contribution in [0.15, 0.2) is 61.2 Å². The third-order valence-corrected chi connectivity index (χ3v) is 7.48. The Labute approximate surface area is 202 Å². The molecule has 0 spiro atoms. The molecular weight excluding hydrogens is 474 g/mol. The molecule has 0 saturated carbocycles. The summed E-state index contributed by atoms with van der Waals surface area (Å²) in [5, 5.41) is 12.4. The first-order chi connectivity index (χ1) is 16.5. The maximum absolute atomic E-state index is 13.7. The number of carbonyl (C=O) groups is 1. The Balaban J connectivity index is 1.48. The van der Waals surface area contributed by atoms with Crippen molar-refractivity contribution in [3.05, 3.63) is 76.2 Å². The number of ether oxygens (including phenoxy) is 1. The summed E-state index contributed by atoms with van der Waals surface area (Å²) in [7, 11) is 1.61. The zero-order valence-corrected chi connectivity index (χ0v) is 19.7. The molecule has 0 unspecified atom stereocenters. The minimum absolute atomic E-state index is 0.00149. The molecule has 5 aromatic rings. The van der Waals surface area contributed by atoms with Gasteiger partial charge in [0.25, 0.3) is 11.6 Å². The number of methoxy groups -OCH3 is 1. The molecule has 3 aromatic heterocycles. The number of nitrogens with zero attached hydrogens (tertiary/aromatic N) is 5. The predicted molar refractivity (Wildman–Crippen MR) is 133 cm³/mol. The topological polar surface area (TPSA) is 103 Å². The van der Waals surface area contributed by atoms with E-state index in [1.54, 1.807) is 36.7 Å². The van der Waals surface area contributed by atoms with E-state index in [4.69, 9.17) is 9.72 Å². The predicted octanol–water partition coefficient (Wildman–Crippen LogP) is 5.36. The molecule has 0 aliphatic carbocycles. The van der Waals surface area contributed by atoms with Crippen LogP contribution in [-0.2, 0) is 6.54 Å². The Morgan fingerprint density at radius 1 is 1.18 bits per heavy atom. The number of thiophene rings is 1. The number of hydrogen-bond donors (Lipinski definition) is 0. The van der Waals surface area contributed by atoms with Gasteiger partial charge in [0.1, 0.15) is 5.75 Å². The van der Waals surface area contributed by atoms with Crippen LogP contribution in [0.25, 0.3) is 20.3 Å². The summed E-state index contributed by atoms with van der Waals surface area (Å²) in [6, 6.07) is 12.0. The number of aryl methyl sites for hydroxylation is 1. The third kappa shape index (κ3) is 4.35. The van der Waals surface area contributed by atoms with E-state index in [1.807, 2.05) is 29.0 Å². The molecule has 0 atom stereocenters. The van der Waals surface area contributed by atoms with Gasteiger partial charge in [0.2, 0.25) is 0 Å². The Bertz CT molecular complexity index is 1490. The van der Waals surface area contributed by atoms with Gasteiger partial charge >= 0.3 is 0 Å². The van der Waals surface area contributed by atoms with Crippen molar-refractivity contribution in [3.8, 4) is 5.75 Å². The monoisotopic (exact) mass is 493 g/mol. The molecule has 3 heterocycles. The lowest BCUT2D eigenvalue weighted by molar-refractivity contribution is -0.384. The van der Waals surface area contributed by atoms with Gasteiger partial charge in [-0.25, -0.2) is 9.97 Å². The van der Waals surface area contributed by atoms with Crippen molar-refractivity contribution in [1.82, 2.24) is 14.5 Å². The van der Waals surface area contributed by atoms with E-state index in [0.717, 1.165) is 20.7 Å². The lowest BCUT2D eigenvalue weighted by Gasteiger charge is -2.19. The Kier molecular flexibility index (Phi) is 5.95. The van der Waals surface area contributed by atoms with Crippen molar-refractivity contribution in [2.24, 2.45) is 0 Å². The molecule has 9 nitrogen and oxygen atoms in total. The molecule has 2 aromatic carbocycles. The fourth-order valence-electron chi connectivity index (χ4n) is 3.63. The number of non-ortho nitro benzene ring substituents is 1. The molecular formula is C23H19N5O4S2. The van der Waals surface area contributed by atoms with Crippen molar-refractivity contribution < 1.29 is 14.5 Å². The molecule has 34 heavy (non-hydrogen) atoms. The smallest absolute Gasteiger partial charge is 0.270 e. The SMILES string of the molecule is COc1ccc2nc(N(CCCn3ccnc3)C(=O)c3cc4cc([N+](=O)[O-])ccc4s3)sc2c1. The molecule has 0 N–H and O–H groups in total. The molecule has 5 rings (SSSR count). The summed E-state index contributed by atoms with van der Waals surface area (Å²) >= 11 is 2.75. The zero-order chi connectivity index (χ0) is 23.7. The summed E-state index contributed by atoms with van der Waals surface area (Å²) in [5.74, 6) is 0.548. The molecule has 1 amide bonds. The molecule has 0 fully saturated rings. The van der Waals surface area contributed by atoms with Gasteiger partial charge in [0, 0.05) is 47.7 Å². The van der Waals surface area contributed by atoms with Gasteiger partial charge in [-0.05, 0) is 36.8 Å². The molecule has 0 radical (unpaired) electrons. The third-order valence-electron chi connectivity index (χ3n) is 5.34. The van der Waals surface area contributed by atoms with E-state index < -0.39 is 4.92 Å². The minimum Gasteiger partial charge on any atom is -0.497 e. The van der Waals surface area contributed by atoms with E-state index in [2.05, 4.69) is 4.98 Å². The van der Waals surface area contributed by atoms with E-state index in [1.165, 1.54) is 34.8 Å². The molecule has 0 aliphatic rings. The van der Waals surface area contributed by atoms with Crippen molar-refractivity contribution in [1.29, 1.82) is 0 Å². The van der Waals surface area contributed by atoms with Crippen LogP contribution in [0.3, 0.4) is 0 Å². The van der Waals surface area contributed by atoms with Gasteiger partial charge in [-0.15, -0.1) is 11.3 Å². The first-order valence-corrected chi connectivity index (χ1v) is 12.1. The highest BCUT2D eigenvalue weighted by atomic mass is 32.1.